The number of H-pyrrole nitrogens is 1. The summed E-state index contributed by atoms with van der Waals surface area (Å²) in [6.07, 6.45) is 3.04. The third-order valence-corrected chi connectivity index (χ3v) is 5.23. The maximum atomic E-state index is 12.5. The van der Waals surface area contributed by atoms with E-state index in [2.05, 4.69) is 25.6 Å². The zero-order valence-corrected chi connectivity index (χ0v) is 14.7. The molecule has 0 aliphatic carbocycles. The van der Waals surface area contributed by atoms with Crippen molar-refractivity contribution in [2.75, 3.05) is 4.72 Å². The van der Waals surface area contributed by atoms with Crippen molar-refractivity contribution in [1.29, 1.82) is 5.26 Å². The molecule has 1 heterocycles. The minimum Gasteiger partial charge on any atom is -0.361 e. The van der Waals surface area contributed by atoms with Crippen LogP contribution in [0.3, 0.4) is 0 Å². The highest BCUT2D eigenvalue weighted by molar-refractivity contribution is 9.10. The van der Waals surface area contributed by atoms with E-state index in [-0.39, 0.29) is 4.91 Å². The molecule has 0 aliphatic heterocycles. The molecule has 0 saturated carbocycles. The monoisotopic (exact) mass is 401 g/mol. The van der Waals surface area contributed by atoms with Crippen LogP contribution in [-0.4, -0.2) is 13.4 Å². The first-order valence-electron chi connectivity index (χ1n) is 6.96. The Morgan fingerprint density at radius 1 is 1.17 bits per heavy atom. The van der Waals surface area contributed by atoms with Crippen LogP contribution in [0.1, 0.15) is 5.56 Å². The van der Waals surface area contributed by atoms with Gasteiger partial charge in [0.1, 0.15) is 6.07 Å². The number of nitrogens with one attached hydrogen (secondary N) is 2. The lowest BCUT2D eigenvalue weighted by Crippen LogP contribution is -2.14. The number of fused-ring (bicyclic) bond motifs is 1. The van der Waals surface area contributed by atoms with Crippen LogP contribution in [-0.2, 0) is 10.0 Å². The predicted octanol–water partition coefficient (Wildman–Crippen LogP) is 4.24. The molecule has 1 aromatic heterocycles. The summed E-state index contributed by atoms with van der Waals surface area (Å²) in [5.74, 6) is 0. The van der Waals surface area contributed by atoms with Crippen LogP contribution in [0.2, 0.25) is 0 Å². The molecule has 7 heteroatoms. The fourth-order valence-electron chi connectivity index (χ4n) is 2.25. The molecule has 3 aromatic rings. The smallest absolute Gasteiger partial charge is 0.272 e. The number of benzene rings is 2. The number of rotatable bonds is 4. The Bertz CT molecular complexity index is 1060. The molecule has 0 unspecified atom stereocenters. The lowest BCUT2D eigenvalue weighted by atomic mass is 10.1. The number of nitriles is 1. The van der Waals surface area contributed by atoms with Gasteiger partial charge in [-0.05, 0) is 36.4 Å². The van der Waals surface area contributed by atoms with Crippen LogP contribution in [0.25, 0.3) is 17.0 Å². The van der Waals surface area contributed by atoms with Crippen LogP contribution in [0, 0.1) is 11.3 Å². The highest BCUT2D eigenvalue weighted by atomic mass is 79.9. The summed E-state index contributed by atoms with van der Waals surface area (Å²) < 4.78 is 28.2. The molecule has 0 fully saturated rings. The summed E-state index contributed by atoms with van der Waals surface area (Å²) in [7, 11) is -3.96. The number of hydrogen-bond acceptors (Lipinski definition) is 3. The average Bonchev–Trinajstić information content (AvgIpc) is 2.97. The van der Waals surface area contributed by atoms with E-state index in [0.717, 1.165) is 15.4 Å². The van der Waals surface area contributed by atoms with E-state index in [1.54, 1.807) is 36.5 Å². The van der Waals surface area contributed by atoms with E-state index in [1.165, 1.54) is 6.08 Å². The molecule has 0 amide bonds. The van der Waals surface area contributed by atoms with E-state index >= 15 is 0 Å². The fourth-order valence-corrected chi connectivity index (χ4v) is 3.48. The highest BCUT2D eigenvalue weighted by Gasteiger charge is 2.18. The Balaban J connectivity index is 1.98. The molecular weight excluding hydrogens is 390 g/mol. The summed E-state index contributed by atoms with van der Waals surface area (Å²) in [5, 5.41) is 10.2. The van der Waals surface area contributed by atoms with Gasteiger partial charge in [-0.25, -0.2) is 8.42 Å². The summed E-state index contributed by atoms with van der Waals surface area (Å²) in [5.41, 5.74) is 1.90. The number of allylic oxidation sites excluding steroid dienone is 1. The van der Waals surface area contributed by atoms with Gasteiger partial charge < -0.3 is 4.98 Å². The molecule has 0 radical (unpaired) electrons. The molecule has 5 nitrogen and oxygen atoms in total. The van der Waals surface area contributed by atoms with Gasteiger partial charge in [-0.1, -0.05) is 34.1 Å². The third kappa shape index (κ3) is 3.35. The summed E-state index contributed by atoms with van der Waals surface area (Å²) in [6.45, 7) is 0. The molecule has 2 N–H and O–H groups in total. The number of sulfonamides is 1. The van der Waals surface area contributed by atoms with Crippen molar-refractivity contribution in [2.45, 2.75) is 0 Å². The molecule has 0 saturated heterocycles. The molecule has 2 aromatic carbocycles. The second kappa shape index (κ2) is 6.51. The zero-order valence-electron chi connectivity index (χ0n) is 12.3. The number of anilines is 1. The number of aromatic amines is 1. The fraction of sp³-hybridized carbons (Fsp3) is 0. The lowest BCUT2D eigenvalue weighted by Gasteiger charge is -2.07. The topological polar surface area (TPSA) is 85.8 Å². The molecule has 24 heavy (non-hydrogen) atoms. The van der Waals surface area contributed by atoms with E-state index in [1.807, 2.05) is 24.3 Å². The van der Waals surface area contributed by atoms with Gasteiger partial charge in [0, 0.05) is 32.8 Å². The molecule has 120 valence electrons. The minimum atomic E-state index is -3.96. The summed E-state index contributed by atoms with van der Waals surface area (Å²) in [6, 6.07) is 15.9. The number of nitrogens with zero attached hydrogens (tertiary/aromatic N) is 1. The normalized spacial score (nSPS) is 12.1. The van der Waals surface area contributed by atoms with Crippen molar-refractivity contribution in [1.82, 2.24) is 4.98 Å². The minimum absolute atomic E-state index is 0.352. The summed E-state index contributed by atoms with van der Waals surface area (Å²) in [4.78, 5) is 2.70. The van der Waals surface area contributed by atoms with E-state index in [9.17, 15) is 13.7 Å². The van der Waals surface area contributed by atoms with Gasteiger partial charge >= 0.3 is 0 Å². The van der Waals surface area contributed by atoms with Crippen LogP contribution < -0.4 is 4.72 Å². The Morgan fingerprint density at radius 3 is 2.58 bits per heavy atom. The Labute approximate surface area is 147 Å². The molecule has 3 rings (SSSR count). The molecule has 0 spiro atoms. The van der Waals surface area contributed by atoms with Gasteiger partial charge in [0.2, 0.25) is 0 Å². The second-order valence-corrected chi connectivity index (χ2v) is 7.59. The maximum Gasteiger partial charge on any atom is 0.272 e. The predicted molar refractivity (Wildman–Crippen MR) is 98.6 cm³/mol. The maximum absolute atomic E-state index is 12.5. The van der Waals surface area contributed by atoms with Crippen LogP contribution in [0.4, 0.5) is 5.69 Å². The van der Waals surface area contributed by atoms with Crippen molar-refractivity contribution in [3.05, 3.63) is 69.7 Å². The third-order valence-electron chi connectivity index (χ3n) is 3.40. The van der Waals surface area contributed by atoms with Crippen molar-refractivity contribution in [2.24, 2.45) is 0 Å². The van der Waals surface area contributed by atoms with Crippen molar-refractivity contribution < 1.29 is 8.42 Å². The van der Waals surface area contributed by atoms with Gasteiger partial charge in [0.05, 0.1) is 0 Å². The molecule has 0 bridgehead atoms. The Hall–Kier alpha value is -2.56. The molecule has 0 atom stereocenters. The van der Waals surface area contributed by atoms with Gasteiger partial charge in [-0.3, -0.25) is 4.72 Å². The first-order valence-corrected chi connectivity index (χ1v) is 9.23. The van der Waals surface area contributed by atoms with Crippen molar-refractivity contribution >= 4 is 48.6 Å². The molecular formula is C17H12BrN3O2S. The van der Waals surface area contributed by atoms with Gasteiger partial charge in [-0.15, -0.1) is 0 Å². The van der Waals surface area contributed by atoms with Crippen molar-refractivity contribution in [3.8, 4) is 6.07 Å². The number of aromatic nitrogens is 1. The van der Waals surface area contributed by atoms with Crippen LogP contribution in [0.5, 0.6) is 0 Å². The quantitative estimate of drug-likeness (QED) is 0.641. The number of halogens is 1. The van der Waals surface area contributed by atoms with E-state index in [4.69, 9.17) is 0 Å². The average molecular weight is 402 g/mol. The van der Waals surface area contributed by atoms with Gasteiger partial charge in [0.25, 0.3) is 10.0 Å². The number of para-hydroxylation sites is 1. The first-order chi connectivity index (χ1) is 11.5. The van der Waals surface area contributed by atoms with Gasteiger partial charge in [0.15, 0.2) is 4.91 Å². The Kier molecular flexibility index (Phi) is 4.42. The first kappa shape index (κ1) is 16.3. The SMILES string of the molecule is N#C/C(=C/c1c[nH]c2ccccc12)S(=O)(=O)Nc1ccc(Br)cc1. The van der Waals surface area contributed by atoms with Gasteiger partial charge in [-0.2, -0.15) is 5.26 Å². The van der Waals surface area contributed by atoms with E-state index in [0.29, 0.717) is 11.3 Å². The highest BCUT2D eigenvalue weighted by Crippen LogP contribution is 2.23. The lowest BCUT2D eigenvalue weighted by molar-refractivity contribution is 0.608. The largest absolute Gasteiger partial charge is 0.361 e. The Morgan fingerprint density at radius 2 is 1.88 bits per heavy atom. The number of hydrogen-bond donors (Lipinski definition) is 2. The van der Waals surface area contributed by atoms with E-state index < -0.39 is 10.0 Å². The van der Waals surface area contributed by atoms with Crippen LogP contribution in [0.15, 0.2) is 64.1 Å². The van der Waals surface area contributed by atoms with Crippen molar-refractivity contribution in [3.63, 3.8) is 0 Å². The summed E-state index contributed by atoms with van der Waals surface area (Å²) >= 11 is 3.29. The standard InChI is InChI=1S/C17H12BrN3O2S/c18-13-5-7-14(8-6-13)21-24(22,23)15(10-19)9-12-11-20-17-4-2-1-3-16(12)17/h1-9,11,20-21H/b15-9-. The zero-order chi connectivity index (χ0) is 17.2. The van der Waals surface area contributed by atoms with Crippen LogP contribution >= 0.6 is 15.9 Å². The second-order valence-electron chi connectivity index (χ2n) is 5.02. The molecule has 0 aliphatic rings.